The molecule has 0 bridgehead atoms. The molecular weight excluding hydrogens is 538 g/mol. The number of methoxy groups -OCH3 is 1. The molecule has 3 aromatic carbocycles. The Kier molecular flexibility index (Phi) is 8.99. The van der Waals surface area contributed by atoms with Crippen LogP contribution in [-0.2, 0) is 4.79 Å². The van der Waals surface area contributed by atoms with Crippen LogP contribution in [0, 0.1) is 6.92 Å². The molecule has 1 aliphatic rings. The van der Waals surface area contributed by atoms with Gasteiger partial charge in [0.2, 0.25) is 0 Å². The number of benzene rings is 3. The fourth-order valence-corrected chi connectivity index (χ4v) is 5.03. The molecule has 1 aliphatic heterocycles. The van der Waals surface area contributed by atoms with E-state index in [0.29, 0.717) is 16.3 Å². The summed E-state index contributed by atoms with van der Waals surface area (Å²) in [6.45, 7) is 6.46. The summed E-state index contributed by atoms with van der Waals surface area (Å²) in [6.07, 6.45) is 1.58. The average Bonchev–Trinajstić information content (AvgIpc) is 3.16. The van der Waals surface area contributed by atoms with Crippen LogP contribution in [0.5, 0.6) is 17.2 Å². The third-order valence-electron chi connectivity index (χ3n) is 5.99. The molecule has 4 rings (SSSR count). The van der Waals surface area contributed by atoms with Gasteiger partial charge in [0.1, 0.15) is 12.4 Å². The predicted octanol–water partition coefficient (Wildman–Crippen LogP) is 7.11. The zero-order chi connectivity index (χ0) is 28.1. The number of carbonyl (C=O) groups excluding carboxylic acids is 3. The lowest BCUT2D eigenvalue weighted by atomic mass is 10.0. The van der Waals surface area contributed by atoms with Gasteiger partial charge in [0.15, 0.2) is 11.5 Å². The van der Waals surface area contributed by atoms with Crippen molar-refractivity contribution in [3.05, 3.63) is 92.8 Å². The van der Waals surface area contributed by atoms with Crippen LogP contribution >= 0.6 is 23.4 Å². The Hall–Kier alpha value is -3.75. The lowest BCUT2D eigenvalue weighted by molar-refractivity contribution is -0.123. The number of esters is 1. The molecular formula is C30H28ClNO6S. The van der Waals surface area contributed by atoms with Gasteiger partial charge in [-0.3, -0.25) is 14.5 Å². The van der Waals surface area contributed by atoms with Crippen LogP contribution in [0.2, 0.25) is 5.02 Å². The Morgan fingerprint density at radius 2 is 1.82 bits per heavy atom. The molecule has 2 amide bonds. The Labute approximate surface area is 236 Å². The van der Waals surface area contributed by atoms with E-state index >= 15 is 0 Å². The van der Waals surface area contributed by atoms with Gasteiger partial charge in [-0.25, -0.2) is 4.79 Å². The number of halogens is 1. The van der Waals surface area contributed by atoms with Crippen LogP contribution < -0.4 is 14.2 Å². The van der Waals surface area contributed by atoms with E-state index in [0.717, 1.165) is 28.6 Å². The quantitative estimate of drug-likeness (QED) is 0.155. The summed E-state index contributed by atoms with van der Waals surface area (Å²) in [6, 6.07) is 17.3. The van der Waals surface area contributed by atoms with Crippen molar-refractivity contribution < 1.29 is 28.6 Å². The van der Waals surface area contributed by atoms with Gasteiger partial charge < -0.3 is 14.2 Å². The molecule has 0 radical (unpaired) electrons. The van der Waals surface area contributed by atoms with Crippen LogP contribution in [0.1, 0.15) is 46.8 Å². The molecule has 39 heavy (non-hydrogen) atoms. The second-order valence-corrected chi connectivity index (χ2v) is 10.6. The summed E-state index contributed by atoms with van der Waals surface area (Å²) in [5, 5.41) is 0.0369. The normalized spacial score (nSPS) is 14.3. The van der Waals surface area contributed by atoms with Crippen LogP contribution in [0.4, 0.5) is 4.79 Å². The fraction of sp³-hybridized carbons (Fsp3) is 0.233. The van der Waals surface area contributed by atoms with Crippen molar-refractivity contribution in [2.75, 3.05) is 20.3 Å². The first-order chi connectivity index (χ1) is 18.7. The Morgan fingerprint density at radius 3 is 2.54 bits per heavy atom. The number of hydrogen-bond acceptors (Lipinski definition) is 7. The minimum Gasteiger partial charge on any atom is -0.493 e. The molecule has 0 unspecified atom stereocenters. The molecule has 3 aromatic rings. The van der Waals surface area contributed by atoms with Gasteiger partial charge in [0.25, 0.3) is 11.1 Å². The molecule has 7 nitrogen and oxygen atoms in total. The standard InChI is InChI=1S/C30H28ClNO6S/c1-18(2)23-10-8-19(3)14-25(23)37-13-12-32-28(33)27(39-30(32)35)16-20-9-11-24(36-4)26(15-20)38-29(34)21-6-5-7-22(31)17-21/h5-11,14-18H,12-13H2,1-4H3/b27-16-. The van der Waals surface area contributed by atoms with Crippen molar-refractivity contribution in [1.82, 2.24) is 4.90 Å². The van der Waals surface area contributed by atoms with Crippen LogP contribution in [0.25, 0.3) is 6.08 Å². The summed E-state index contributed by atoms with van der Waals surface area (Å²) in [7, 11) is 1.46. The van der Waals surface area contributed by atoms with Crippen LogP contribution in [-0.4, -0.2) is 42.3 Å². The third kappa shape index (κ3) is 6.82. The largest absolute Gasteiger partial charge is 0.493 e. The van der Waals surface area contributed by atoms with E-state index < -0.39 is 11.9 Å². The minimum absolute atomic E-state index is 0.124. The molecule has 0 aliphatic carbocycles. The topological polar surface area (TPSA) is 82.1 Å². The van der Waals surface area contributed by atoms with Gasteiger partial charge in [-0.1, -0.05) is 49.7 Å². The molecule has 0 N–H and O–H groups in total. The highest BCUT2D eigenvalue weighted by Crippen LogP contribution is 2.35. The molecule has 1 fully saturated rings. The van der Waals surface area contributed by atoms with Gasteiger partial charge in [-0.2, -0.15) is 0 Å². The number of imide groups is 1. The van der Waals surface area contributed by atoms with Crippen molar-refractivity contribution in [1.29, 1.82) is 0 Å². The van der Waals surface area contributed by atoms with E-state index in [-0.39, 0.29) is 40.5 Å². The van der Waals surface area contributed by atoms with E-state index in [2.05, 4.69) is 13.8 Å². The fourth-order valence-electron chi connectivity index (χ4n) is 3.97. The summed E-state index contributed by atoms with van der Waals surface area (Å²) in [4.78, 5) is 39.7. The van der Waals surface area contributed by atoms with Gasteiger partial charge >= 0.3 is 5.97 Å². The number of nitrogens with zero attached hydrogens (tertiary/aromatic N) is 1. The number of amides is 2. The lowest BCUT2D eigenvalue weighted by Gasteiger charge is -2.17. The first-order valence-corrected chi connectivity index (χ1v) is 13.5. The first kappa shape index (κ1) is 28.3. The maximum atomic E-state index is 13.0. The number of hydrogen-bond donors (Lipinski definition) is 0. The molecule has 0 aromatic heterocycles. The van der Waals surface area contributed by atoms with E-state index in [1.165, 1.54) is 18.1 Å². The van der Waals surface area contributed by atoms with Gasteiger partial charge in [0.05, 0.1) is 24.1 Å². The van der Waals surface area contributed by atoms with Crippen molar-refractivity contribution in [3.8, 4) is 17.2 Å². The molecule has 1 heterocycles. The summed E-state index contributed by atoms with van der Waals surface area (Å²) >= 11 is 6.83. The monoisotopic (exact) mass is 565 g/mol. The van der Waals surface area contributed by atoms with E-state index in [9.17, 15) is 14.4 Å². The molecule has 0 saturated carbocycles. The smallest absolute Gasteiger partial charge is 0.343 e. The van der Waals surface area contributed by atoms with Crippen molar-refractivity contribution in [2.45, 2.75) is 26.7 Å². The van der Waals surface area contributed by atoms with Crippen molar-refractivity contribution in [2.24, 2.45) is 0 Å². The van der Waals surface area contributed by atoms with E-state index in [1.54, 1.807) is 42.5 Å². The second-order valence-electron chi connectivity index (χ2n) is 9.19. The highest BCUT2D eigenvalue weighted by molar-refractivity contribution is 8.18. The number of ether oxygens (including phenoxy) is 3. The second kappa shape index (κ2) is 12.4. The number of carbonyl (C=O) groups is 3. The highest BCUT2D eigenvalue weighted by Gasteiger charge is 2.35. The first-order valence-electron chi connectivity index (χ1n) is 12.3. The minimum atomic E-state index is -0.609. The lowest BCUT2D eigenvalue weighted by Crippen LogP contribution is -2.32. The van der Waals surface area contributed by atoms with Crippen molar-refractivity contribution >= 4 is 46.6 Å². The summed E-state index contributed by atoms with van der Waals surface area (Å²) in [5.74, 6) is 0.524. The maximum Gasteiger partial charge on any atom is 0.343 e. The van der Waals surface area contributed by atoms with Gasteiger partial charge in [-0.05, 0) is 83.8 Å². The summed E-state index contributed by atoms with van der Waals surface area (Å²) < 4.78 is 16.8. The predicted molar refractivity (Wildman–Crippen MR) is 153 cm³/mol. The van der Waals surface area contributed by atoms with Gasteiger partial charge in [0, 0.05) is 5.02 Å². The zero-order valence-electron chi connectivity index (χ0n) is 22.0. The number of rotatable bonds is 9. The third-order valence-corrected chi connectivity index (χ3v) is 7.13. The summed E-state index contributed by atoms with van der Waals surface area (Å²) in [5.41, 5.74) is 2.99. The van der Waals surface area contributed by atoms with Crippen molar-refractivity contribution in [3.63, 3.8) is 0 Å². The zero-order valence-corrected chi connectivity index (χ0v) is 23.6. The molecule has 0 spiro atoms. The average molecular weight is 566 g/mol. The molecule has 0 atom stereocenters. The molecule has 1 saturated heterocycles. The Balaban J connectivity index is 1.46. The Morgan fingerprint density at radius 1 is 1.03 bits per heavy atom. The SMILES string of the molecule is COc1ccc(/C=C2\SC(=O)N(CCOc3cc(C)ccc3C(C)C)C2=O)cc1OC(=O)c1cccc(Cl)c1. The maximum absolute atomic E-state index is 13.0. The number of aryl methyl sites for hydroxylation is 1. The number of thioether (sulfide) groups is 1. The van der Waals surface area contributed by atoms with E-state index in [1.807, 2.05) is 25.1 Å². The molecule has 202 valence electrons. The van der Waals surface area contributed by atoms with E-state index in [4.69, 9.17) is 25.8 Å². The molecule has 9 heteroatoms. The van der Waals surface area contributed by atoms with Crippen LogP contribution in [0.15, 0.2) is 65.6 Å². The van der Waals surface area contributed by atoms with Crippen LogP contribution in [0.3, 0.4) is 0 Å². The van der Waals surface area contributed by atoms with Gasteiger partial charge in [-0.15, -0.1) is 0 Å². The Bertz CT molecular complexity index is 1450. The highest BCUT2D eigenvalue weighted by atomic mass is 35.5.